The van der Waals surface area contributed by atoms with E-state index in [2.05, 4.69) is 15.2 Å². The summed E-state index contributed by atoms with van der Waals surface area (Å²) in [6, 6.07) is 12.5. The molecule has 0 radical (unpaired) electrons. The number of rotatable bonds is 10. The summed E-state index contributed by atoms with van der Waals surface area (Å²) in [6.45, 7) is 5.59. The second-order valence-corrected chi connectivity index (χ2v) is 10.6. The van der Waals surface area contributed by atoms with Gasteiger partial charge in [-0.15, -0.1) is 0 Å². The number of furan rings is 1. The fraction of sp³-hybridized carbons (Fsp3) is 0.250. The van der Waals surface area contributed by atoms with Crippen LogP contribution in [0, 0.1) is 23.0 Å². The van der Waals surface area contributed by atoms with E-state index in [0.29, 0.717) is 11.3 Å². The molecular formula is C24H25ClN4O6S. The first-order valence-electron chi connectivity index (χ1n) is 10.9. The molecule has 0 bridgehead atoms. The number of sulfonamides is 1. The molecule has 0 aliphatic carbocycles. The van der Waals surface area contributed by atoms with Crippen molar-refractivity contribution in [2.75, 3.05) is 0 Å². The summed E-state index contributed by atoms with van der Waals surface area (Å²) >= 11 is 6.13. The lowest BCUT2D eigenvalue weighted by molar-refractivity contribution is -0.384. The first-order valence-corrected chi connectivity index (χ1v) is 12.8. The third kappa shape index (κ3) is 7.00. The molecule has 0 aliphatic heterocycles. The van der Waals surface area contributed by atoms with Gasteiger partial charge in [0.15, 0.2) is 0 Å². The number of hydrogen-bond donors (Lipinski definition) is 2. The standard InChI is InChI=1S/C24H25ClN4O6S/c1-15(2)12-22(28-36(33,34)19-8-4-16(3)5-9-19)24(30)27-26-14-18-7-11-23(35-18)20-10-6-17(29(31)32)13-21(20)25/h4-11,13-15,22,28H,12H2,1-3H3,(H,27,30)/b26-14-/t22-/m0/s1. The van der Waals surface area contributed by atoms with Crippen molar-refractivity contribution in [3.63, 3.8) is 0 Å². The number of hydrogen-bond acceptors (Lipinski definition) is 7. The lowest BCUT2D eigenvalue weighted by Crippen LogP contribution is -2.46. The predicted octanol–water partition coefficient (Wildman–Crippen LogP) is 4.66. The molecule has 0 aliphatic rings. The highest BCUT2D eigenvalue weighted by molar-refractivity contribution is 7.89. The monoisotopic (exact) mass is 532 g/mol. The number of nitro benzene ring substituents is 1. The third-order valence-corrected chi connectivity index (χ3v) is 6.87. The maximum Gasteiger partial charge on any atom is 0.270 e. The average molecular weight is 533 g/mol. The van der Waals surface area contributed by atoms with Crippen LogP contribution in [-0.4, -0.2) is 31.5 Å². The van der Waals surface area contributed by atoms with Crippen LogP contribution in [-0.2, 0) is 14.8 Å². The van der Waals surface area contributed by atoms with Crippen molar-refractivity contribution in [2.24, 2.45) is 11.0 Å². The van der Waals surface area contributed by atoms with Gasteiger partial charge in [-0.3, -0.25) is 14.9 Å². The number of amides is 1. The Morgan fingerprint density at radius 3 is 2.47 bits per heavy atom. The number of carbonyl (C=O) groups is 1. The van der Waals surface area contributed by atoms with Crippen molar-refractivity contribution in [3.05, 3.63) is 81.1 Å². The molecule has 1 atom stereocenters. The quantitative estimate of drug-likeness (QED) is 0.221. The second-order valence-electron chi connectivity index (χ2n) is 8.47. The molecule has 1 heterocycles. The maximum absolute atomic E-state index is 12.8. The molecule has 10 nitrogen and oxygen atoms in total. The zero-order valence-corrected chi connectivity index (χ0v) is 21.3. The summed E-state index contributed by atoms with van der Waals surface area (Å²) in [6.07, 6.45) is 1.51. The van der Waals surface area contributed by atoms with Crippen molar-refractivity contribution in [3.8, 4) is 11.3 Å². The van der Waals surface area contributed by atoms with Crippen LogP contribution in [0.3, 0.4) is 0 Å². The molecule has 2 N–H and O–H groups in total. The molecule has 1 aromatic heterocycles. The Kier molecular flexibility index (Phi) is 8.62. The van der Waals surface area contributed by atoms with Gasteiger partial charge in [0.1, 0.15) is 17.6 Å². The van der Waals surface area contributed by atoms with Gasteiger partial charge in [0, 0.05) is 17.7 Å². The van der Waals surface area contributed by atoms with Crippen molar-refractivity contribution in [1.82, 2.24) is 10.1 Å². The SMILES string of the molecule is Cc1ccc(S(=O)(=O)N[C@@H](CC(C)C)C(=O)N/N=C\c2ccc(-c3ccc([N+](=O)[O-])cc3Cl)o2)cc1. The van der Waals surface area contributed by atoms with Crippen molar-refractivity contribution >= 4 is 39.4 Å². The van der Waals surface area contributed by atoms with Gasteiger partial charge in [0.25, 0.3) is 11.6 Å². The van der Waals surface area contributed by atoms with Crippen LogP contribution in [0.1, 0.15) is 31.6 Å². The zero-order valence-electron chi connectivity index (χ0n) is 19.8. The average Bonchev–Trinajstić information content (AvgIpc) is 3.26. The van der Waals surface area contributed by atoms with Crippen LogP contribution < -0.4 is 10.1 Å². The minimum absolute atomic E-state index is 0.0320. The molecule has 0 saturated heterocycles. The summed E-state index contributed by atoms with van der Waals surface area (Å²) in [4.78, 5) is 23.1. The van der Waals surface area contributed by atoms with Crippen molar-refractivity contribution in [1.29, 1.82) is 0 Å². The minimum atomic E-state index is -3.92. The van der Waals surface area contributed by atoms with Gasteiger partial charge < -0.3 is 4.42 Å². The predicted molar refractivity (Wildman–Crippen MR) is 136 cm³/mol. The van der Waals surface area contributed by atoms with E-state index in [-0.39, 0.29) is 33.7 Å². The highest BCUT2D eigenvalue weighted by Crippen LogP contribution is 2.32. The van der Waals surface area contributed by atoms with E-state index in [0.717, 1.165) is 5.56 Å². The van der Waals surface area contributed by atoms with E-state index in [1.807, 2.05) is 20.8 Å². The molecular weight excluding hydrogens is 508 g/mol. The maximum atomic E-state index is 12.8. The Morgan fingerprint density at radius 1 is 1.17 bits per heavy atom. The first kappa shape index (κ1) is 27.1. The summed E-state index contributed by atoms with van der Waals surface area (Å²) in [7, 11) is -3.92. The number of nitrogens with one attached hydrogen (secondary N) is 2. The normalized spacial score (nSPS) is 12.7. The molecule has 3 aromatic rings. The highest BCUT2D eigenvalue weighted by Gasteiger charge is 2.26. The number of non-ortho nitro benzene ring substituents is 1. The molecule has 2 aromatic carbocycles. The smallest absolute Gasteiger partial charge is 0.270 e. The van der Waals surface area contributed by atoms with Crippen molar-refractivity contribution in [2.45, 2.75) is 38.1 Å². The number of benzene rings is 2. The van der Waals surface area contributed by atoms with E-state index >= 15 is 0 Å². The third-order valence-electron chi connectivity index (χ3n) is 5.07. The molecule has 0 spiro atoms. The van der Waals surface area contributed by atoms with Gasteiger partial charge in [-0.05, 0) is 49.6 Å². The fourth-order valence-corrected chi connectivity index (χ4v) is 4.75. The Labute approximate surface area is 213 Å². The summed E-state index contributed by atoms with van der Waals surface area (Å²) in [5.74, 6) is 0.0388. The topological polar surface area (TPSA) is 144 Å². The van der Waals surface area contributed by atoms with Gasteiger partial charge in [0.05, 0.1) is 21.1 Å². The van der Waals surface area contributed by atoms with Gasteiger partial charge in [-0.1, -0.05) is 43.1 Å². The number of carbonyl (C=O) groups excluding carboxylic acids is 1. The summed E-state index contributed by atoms with van der Waals surface area (Å²) in [5.41, 5.74) is 3.56. The van der Waals surface area contributed by atoms with Gasteiger partial charge in [-0.2, -0.15) is 9.82 Å². The van der Waals surface area contributed by atoms with Crippen molar-refractivity contribution < 1.29 is 22.6 Å². The molecule has 36 heavy (non-hydrogen) atoms. The van der Waals surface area contributed by atoms with Crippen LogP contribution >= 0.6 is 11.6 Å². The molecule has 3 rings (SSSR count). The van der Waals surface area contributed by atoms with Gasteiger partial charge >= 0.3 is 0 Å². The number of nitro groups is 1. The van der Waals surface area contributed by atoms with Crippen LogP contribution in [0.5, 0.6) is 0 Å². The van der Waals surface area contributed by atoms with Crippen LogP contribution in [0.15, 0.2) is 69.0 Å². The Bertz CT molecular complexity index is 1380. The summed E-state index contributed by atoms with van der Waals surface area (Å²) < 4.78 is 33.6. The molecule has 1 amide bonds. The number of halogens is 1. The molecule has 12 heteroatoms. The van der Waals surface area contributed by atoms with Gasteiger partial charge in [0.2, 0.25) is 10.0 Å². The fourth-order valence-electron chi connectivity index (χ4n) is 3.27. The van der Waals surface area contributed by atoms with E-state index in [4.69, 9.17) is 16.0 Å². The molecule has 190 valence electrons. The molecule has 0 fully saturated rings. The number of nitrogens with zero attached hydrogens (tertiary/aromatic N) is 2. The van der Waals surface area contributed by atoms with Gasteiger partial charge in [-0.25, -0.2) is 13.8 Å². The van der Waals surface area contributed by atoms with E-state index in [1.165, 1.54) is 36.5 Å². The first-order chi connectivity index (χ1) is 17.0. The minimum Gasteiger partial charge on any atom is -0.455 e. The van der Waals surface area contributed by atoms with E-state index < -0.39 is 26.9 Å². The van der Waals surface area contributed by atoms with E-state index in [1.54, 1.807) is 24.3 Å². The van der Waals surface area contributed by atoms with Crippen LogP contribution in [0.4, 0.5) is 5.69 Å². The Balaban J connectivity index is 1.69. The van der Waals surface area contributed by atoms with Crippen LogP contribution in [0.25, 0.3) is 11.3 Å². The van der Waals surface area contributed by atoms with Crippen LogP contribution in [0.2, 0.25) is 5.02 Å². The second kappa shape index (κ2) is 11.5. The summed E-state index contributed by atoms with van der Waals surface area (Å²) in [5, 5.41) is 14.9. The zero-order chi connectivity index (χ0) is 26.5. The highest BCUT2D eigenvalue weighted by atomic mass is 35.5. The largest absolute Gasteiger partial charge is 0.455 e. The lowest BCUT2D eigenvalue weighted by Gasteiger charge is -2.19. The molecule has 0 unspecified atom stereocenters. The molecule has 0 saturated carbocycles. The number of aryl methyl sites for hydroxylation is 1. The Hall–Kier alpha value is -3.54. The Morgan fingerprint density at radius 2 is 1.86 bits per heavy atom. The lowest BCUT2D eigenvalue weighted by atomic mass is 10.0. The number of hydrazone groups is 1. The van der Waals surface area contributed by atoms with E-state index in [9.17, 15) is 23.3 Å².